The molecule has 2 atom stereocenters. The number of nitrogens with one attached hydrogen (secondary N) is 2. The molecule has 0 bridgehead atoms. The summed E-state index contributed by atoms with van der Waals surface area (Å²) in [6, 6.07) is 12.3. The van der Waals surface area contributed by atoms with Crippen molar-refractivity contribution >= 4 is 57.8 Å². The van der Waals surface area contributed by atoms with Crippen molar-refractivity contribution in [3.63, 3.8) is 0 Å². The predicted octanol–water partition coefficient (Wildman–Crippen LogP) is 3.02. The Balaban J connectivity index is 0.000000179. The van der Waals surface area contributed by atoms with Crippen LogP contribution in [0.1, 0.15) is 25.0 Å². The van der Waals surface area contributed by atoms with E-state index in [0.717, 1.165) is 110 Å². The summed E-state index contributed by atoms with van der Waals surface area (Å²) in [4.78, 5) is 64.6. The van der Waals surface area contributed by atoms with E-state index in [1.54, 1.807) is 12.7 Å². The van der Waals surface area contributed by atoms with Crippen LogP contribution in [0, 0.1) is 0 Å². The first-order valence-electron chi connectivity index (χ1n) is 21.8. The molecule has 0 radical (unpaired) electrons. The minimum atomic E-state index is -0.269. The molecule has 23 heteroatoms. The van der Waals surface area contributed by atoms with Crippen LogP contribution < -0.4 is 18.9 Å². The average molecular weight is 959 g/mol. The number of carbonyl (C=O) groups is 2. The summed E-state index contributed by atoms with van der Waals surface area (Å²) in [5.74, 6) is 3.95. The van der Waals surface area contributed by atoms with E-state index >= 15 is 0 Å². The van der Waals surface area contributed by atoms with E-state index < -0.39 is 0 Å². The van der Waals surface area contributed by atoms with Crippen molar-refractivity contribution in [3.05, 3.63) is 72.8 Å². The van der Waals surface area contributed by atoms with Crippen LogP contribution in [0.3, 0.4) is 0 Å². The Morgan fingerprint density at radius 2 is 0.985 bits per heavy atom. The number of piperazine rings is 2. The number of hydrogen-bond acceptors (Lipinski definition) is 20. The van der Waals surface area contributed by atoms with Crippen molar-refractivity contribution in [2.75, 3.05) is 90.5 Å². The molecule has 2 aromatic carbocycles. The van der Waals surface area contributed by atoms with Gasteiger partial charge in [0.2, 0.25) is 13.6 Å². The van der Waals surface area contributed by atoms with Gasteiger partial charge in [-0.05, 0) is 35.4 Å². The number of benzene rings is 2. The van der Waals surface area contributed by atoms with Gasteiger partial charge in [0.1, 0.15) is 45.9 Å². The SMILES string of the molecule is CC(=O)OC(CSc1ncnc2[nH]cnc12)CN1CCN(Cc2ccc3c(c2)OCO3)CC1.CC(=O)OC(CSc1ncnc2[nH]cnc12)CN1CCN(Cc2ccc3c(c2)OCO3)CC1.O. The van der Waals surface area contributed by atoms with Crippen LogP contribution in [0.5, 0.6) is 23.0 Å². The normalized spacial score (nSPS) is 17.1. The van der Waals surface area contributed by atoms with Crippen LogP contribution in [-0.4, -0.2) is 180 Å². The van der Waals surface area contributed by atoms with Gasteiger partial charge in [-0.2, -0.15) is 0 Å². The lowest BCUT2D eigenvalue weighted by molar-refractivity contribution is -0.147. The number of imidazole rings is 2. The third kappa shape index (κ3) is 12.8. The zero-order valence-corrected chi connectivity index (χ0v) is 38.9. The smallest absolute Gasteiger partial charge is 0.302 e. The summed E-state index contributed by atoms with van der Waals surface area (Å²) < 4.78 is 33.0. The molecule has 0 amide bonds. The summed E-state index contributed by atoms with van der Waals surface area (Å²) in [6.45, 7) is 14.1. The fourth-order valence-electron chi connectivity index (χ4n) is 8.19. The second-order valence-electron chi connectivity index (χ2n) is 16.2. The van der Waals surface area contributed by atoms with Crippen molar-refractivity contribution in [1.29, 1.82) is 0 Å². The second-order valence-corrected chi connectivity index (χ2v) is 18.2. The number of thioether (sulfide) groups is 2. The molecule has 0 aliphatic carbocycles. The summed E-state index contributed by atoms with van der Waals surface area (Å²) in [7, 11) is 0. The molecule has 4 aliphatic rings. The first-order chi connectivity index (χ1) is 32.3. The third-order valence-corrected chi connectivity index (χ3v) is 13.6. The molecule has 2 unspecified atom stereocenters. The fraction of sp³-hybridized carbons (Fsp3) is 0.455. The molecular formula is C44H54N12O9S2. The number of nitrogens with zero attached hydrogens (tertiary/aromatic N) is 10. The van der Waals surface area contributed by atoms with Crippen molar-refractivity contribution < 1.29 is 43.5 Å². The van der Waals surface area contributed by atoms with Crippen molar-refractivity contribution in [2.45, 2.75) is 49.2 Å². The zero-order chi connectivity index (χ0) is 45.2. The van der Waals surface area contributed by atoms with Crippen LogP contribution in [0.2, 0.25) is 0 Å². The standard InChI is InChI=1S/2C22H26N6O4S.H2O/c2*1-15(29)32-17(11-33-22-20-21(24-12-23-20)25-13-26-22)10-28-6-4-27(5-7-28)9-16-2-3-18-19(8-16)31-14-30-18;/h2*2-3,8,12-13,17H,4-7,9-11,14H2,1H3,(H,23,24,25,26);1H2. The maximum atomic E-state index is 11.7. The molecule has 4 aromatic heterocycles. The average Bonchev–Trinajstić information content (AvgIpc) is 4.16. The fourth-order valence-corrected chi connectivity index (χ4v) is 10.0. The molecule has 8 heterocycles. The van der Waals surface area contributed by atoms with Gasteiger partial charge in [-0.3, -0.25) is 29.2 Å². The van der Waals surface area contributed by atoms with Gasteiger partial charge in [-0.25, -0.2) is 29.9 Å². The van der Waals surface area contributed by atoms with Crippen LogP contribution in [0.15, 0.2) is 71.8 Å². The number of ether oxygens (including phenoxy) is 6. The number of carbonyl (C=O) groups excluding carboxylic acids is 2. The minimum absolute atomic E-state index is 0. The van der Waals surface area contributed by atoms with Crippen LogP contribution in [0.4, 0.5) is 0 Å². The Bertz CT molecular complexity index is 2410. The van der Waals surface area contributed by atoms with Crippen LogP contribution >= 0.6 is 23.5 Å². The van der Waals surface area contributed by atoms with Gasteiger partial charge in [0.05, 0.1) is 12.7 Å². The maximum absolute atomic E-state index is 11.7. The van der Waals surface area contributed by atoms with E-state index in [0.29, 0.717) is 49.5 Å². The Morgan fingerprint density at radius 1 is 0.582 bits per heavy atom. The summed E-state index contributed by atoms with van der Waals surface area (Å²) in [6.07, 6.45) is 5.80. The molecule has 0 spiro atoms. The lowest BCUT2D eigenvalue weighted by atomic mass is 10.1. The number of fused-ring (bicyclic) bond motifs is 4. The van der Waals surface area contributed by atoms with Gasteiger partial charge in [0.15, 0.2) is 34.3 Å². The maximum Gasteiger partial charge on any atom is 0.302 e. The number of rotatable bonds is 16. The zero-order valence-electron chi connectivity index (χ0n) is 37.3. The van der Waals surface area contributed by atoms with E-state index in [1.165, 1.54) is 61.2 Å². The number of aromatic amines is 2. The number of aromatic nitrogens is 8. The lowest BCUT2D eigenvalue weighted by Crippen LogP contribution is -2.49. The second kappa shape index (κ2) is 22.8. The van der Waals surface area contributed by atoms with Crippen molar-refractivity contribution in [3.8, 4) is 23.0 Å². The van der Waals surface area contributed by atoms with Crippen molar-refractivity contribution in [2.24, 2.45) is 0 Å². The molecular weight excluding hydrogens is 905 g/mol. The third-order valence-electron chi connectivity index (χ3n) is 11.4. The van der Waals surface area contributed by atoms with Gasteiger partial charge in [0, 0.05) is 104 Å². The van der Waals surface area contributed by atoms with Gasteiger partial charge in [-0.1, -0.05) is 12.1 Å². The highest BCUT2D eigenvalue weighted by molar-refractivity contribution is 7.99. The largest absolute Gasteiger partial charge is 0.460 e. The molecule has 4 N–H and O–H groups in total. The molecule has 356 valence electrons. The summed E-state index contributed by atoms with van der Waals surface area (Å²) >= 11 is 3.07. The monoisotopic (exact) mass is 958 g/mol. The Hall–Kier alpha value is -5.82. The topological polar surface area (TPSA) is 243 Å². The van der Waals surface area contributed by atoms with E-state index in [-0.39, 0.29) is 29.6 Å². The Kier molecular flexibility index (Phi) is 16.2. The van der Waals surface area contributed by atoms with E-state index in [1.807, 2.05) is 12.1 Å². The number of hydrogen-bond donors (Lipinski definition) is 2. The molecule has 2 saturated heterocycles. The van der Waals surface area contributed by atoms with Crippen LogP contribution in [-0.2, 0) is 32.2 Å². The predicted molar refractivity (Wildman–Crippen MR) is 248 cm³/mol. The molecule has 2 fully saturated rings. The molecule has 6 aromatic rings. The molecule has 21 nitrogen and oxygen atoms in total. The minimum Gasteiger partial charge on any atom is -0.460 e. The van der Waals surface area contributed by atoms with Gasteiger partial charge in [0.25, 0.3) is 0 Å². The lowest BCUT2D eigenvalue weighted by Gasteiger charge is -2.36. The highest BCUT2D eigenvalue weighted by Crippen LogP contribution is 2.34. The molecule has 67 heavy (non-hydrogen) atoms. The Morgan fingerprint density at radius 3 is 1.40 bits per heavy atom. The molecule has 4 aliphatic heterocycles. The quantitative estimate of drug-likeness (QED) is 0.0805. The summed E-state index contributed by atoms with van der Waals surface area (Å²) in [5, 5.41) is 1.57. The number of esters is 2. The summed E-state index contributed by atoms with van der Waals surface area (Å²) in [5.41, 5.74) is 5.32. The van der Waals surface area contributed by atoms with E-state index in [2.05, 4.69) is 83.7 Å². The first-order valence-corrected chi connectivity index (χ1v) is 23.8. The van der Waals surface area contributed by atoms with Gasteiger partial charge in [-0.15, -0.1) is 23.5 Å². The van der Waals surface area contributed by atoms with E-state index in [9.17, 15) is 9.59 Å². The number of H-pyrrole nitrogens is 2. The van der Waals surface area contributed by atoms with E-state index in [4.69, 9.17) is 28.4 Å². The van der Waals surface area contributed by atoms with Crippen molar-refractivity contribution in [1.82, 2.24) is 59.5 Å². The van der Waals surface area contributed by atoms with Crippen LogP contribution in [0.25, 0.3) is 22.3 Å². The van der Waals surface area contributed by atoms with Gasteiger partial charge >= 0.3 is 11.9 Å². The molecule has 10 rings (SSSR count). The molecule has 0 saturated carbocycles. The van der Waals surface area contributed by atoms with Gasteiger partial charge < -0.3 is 43.9 Å². The Labute approximate surface area is 394 Å². The first kappa shape index (κ1) is 47.7. The highest BCUT2D eigenvalue weighted by Gasteiger charge is 2.26. The highest BCUT2D eigenvalue weighted by atomic mass is 32.2.